The maximum Gasteiger partial charge on any atom is 0.175 e. The minimum atomic E-state index is -3.42. The lowest BCUT2D eigenvalue weighted by Gasteiger charge is -2.25. The number of hydrogen-bond donors (Lipinski definition) is 1. The highest BCUT2D eigenvalue weighted by molar-refractivity contribution is 7.90. The van der Waals surface area contributed by atoms with Gasteiger partial charge in [0.05, 0.1) is 11.5 Å². The number of ether oxygens (including phenoxy) is 2. The molecular weight excluding hydrogens is 474 g/mol. The summed E-state index contributed by atoms with van der Waals surface area (Å²) in [6, 6.07) is 8.91. The Bertz CT molecular complexity index is 1130. The predicted molar refractivity (Wildman–Crippen MR) is 133 cm³/mol. The van der Waals surface area contributed by atoms with Crippen LogP contribution in [0.15, 0.2) is 35.2 Å². The van der Waals surface area contributed by atoms with E-state index in [1.807, 2.05) is 24.8 Å². The summed E-state index contributed by atoms with van der Waals surface area (Å²) < 4.78 is 35.9. The van der Waals surface area contributed by atoms with E-state index >= 15 is 0 Å². The first-order valence-corrected chi connectivity index (χ1v) is 14.2. The van der Waals surface area contributed by atoms with Crippen LogP contribution in [0.25, 0.3) is 0 Å². The topological polar surface area (TPSA) is 76.1 Å². The summed E-state index contributed by atoms with van der Waals surface area (Å²) in [7, 11) is -3.42. The average Bonchev–Trinajstić information content (AvgIpc) is 3.00. The molecule has 0 aliphatic carbocycles. The van der Waals surface area contributed by atoms with Gasteiger partial charge in [-0.2, -0.15) is 0 Å². The Balaban J connectivity index is 1.60. The van der Waals surface area contributed by atoms with Gasteiger partial charge >= 0.3 is 0 Å². The first-order valence-electron chi connectivity index (χ1n) is 11.9. The molecule has 0 radical (unpaired) electrons. The predicted octanol–water partition coefficient (Wildman–Crippen LogP) is 5.07. The van der Waals surface area contributed by atoms with E-state index in [0.29, 0.717) is 42.8 Å². The van der Waals surface area contributed by atoms with Crippen molar-refractivity contribution in [3.8, 4) is 5.75 Å². The van der Waals surface area contributed by atoms with Gasteiger partial charge in [0, 0.05) is 43.1 Å². The zero-order valence-electron chi connectivity index (χ0n) is 20.1. The number of sulfone groups is 1. The van der Waals surface area contributed by atoms with E-state index in [2.05, 4.69) is 6.07 Å². The van der Waals surface area contributed by atoms with Crippen LogP contribution in [0.1, 0.15) is 67.5 Å². The minimum Gasteiger partial charge on any atom is -0.493 e. The van der Waals surface area contributed by atoms with Crippen LogP contribution in [0.4, 0.5) is 0 Å². The van der Waals surface area contributed by atoms with Gasteiger partial charge in [0.1, 0.15) is 12.0 Å². The Morgan fingerprint density at radius 2 is 1.88 bits per heavy atom. The Kier molecular flexibility index (Phi) is 7.89. The van der Waals surface area contributed by atoms with E-state index in [0.717, 1.165) is 54.2 Å². The third-order valence-corrected chi connectivity index (χ3v) is 8.00. The molecule has 0 bridgehead atoms. The second kappa shape index (κ2) is 10.5. The summed E-state index contributed by atoms with van der Waals surface area (Å²) in [6.45, 7) is 7.18. The van der Waals surface area contributed by atoms with Crippen molar-refractivity contribution in [1.82, 2.24) is 4.90 Å². The van der Waals surface area contributed by atoms with E-state index in [4.69, 9.17) is 21.1 Å². The summed E-state index contributed by atoms with van der Waals surface area (Å²) in [6.07, 6.45) is 3.20. The van der Waals surface area contributed by atoms with Crippen LogP contribution in [0.5, 0.6) is 5.75 Å². The molecule has 2 aromatic rings. The van der Waals surface area contributed by atoms with Crippen molar-refractivity contribution < 1.29 is 23.0 Å². The quantitative estimate of drug-likeness (QED) is 0.564. The van der Waals surface area contributed by atoms with E-state index in [1.54, 1.807) is 6.07 Å². The van der Waals surface area contributed by atoms with Crippen molar-refractivity contribution >= 4 is 21.4 Å². The molecule has 2 aliphatic rings. The highest BCUT2D eigenvalue weighted by Crippen LogP contribution is 2.40. The van der Waals surface area contributed by atoms with Gasteiger partial charge in [0.15, 0.2) is 9.84 Å². The highest BCUT2D eigenvalue weighted by atomic mass is 35.5. The lowest BCUT2D eigenvalue weighted by Crippen LogP contribution is -2.24. The largest absolute Gasteiger partial charge is 0.493 e. The number of aliphatic hydroxyl groups excluding tert-OH is 1. The first-order chi connectivity index (χ1) is 16.1. The van der Waals surface area contributed by atoms with Gasteiger partial charge < -0.3 is 14.6 Å². The summed E-state index contributed by atoms with van der Waals surface area (Å²) >= 11 is 6.70. The lowest BCUT2D eigenvalue weighted by atomic mass is 9.90. The number of rotatable bonds is 7. The molecule has 34 heavy (non-hydrogen) atoms. The maximum absolute atomic E-state index is 12.2. The monoisotopic (exact) mass is 507 g/mol. The van der Waals surface area contributed by atoms with Gasteiger partial charge in [-0.3, -0.25) is 4.90 Å². The molecule has 0 spiro atoms. The van der Waals surface area contributed by atoms with Gasteiger partial charge in [0.2, 0.25) is 0 Å². The second-order valence-corrected chi connectivity index (χ2v) is 12.3. The third kappa shape index (κ3) is 5.77. The Labute approximate surface area is 207 Å². The van der Waals surface area contributed by atoms with Crippen molar-refractivity contribution in [3.63, 3.8) is 0 Å². The summed E-state index contributed by atoms with van der Waals surface area (Å²) in [5.74, 6) is 1.18. The number of hydrogen-bond acceptors (Lipinski definition) is 6. The fraction of sp³-hybridized carbons (Fsp3) is 0.538. The van der Waals surface area contributed by atoms with Crippen molar-refractivity contribution in [2.45, 2.75) is 63.2 Å². The van der Waals surface area contributed by atoms with Gasteiger partial charge in [0.25, 0.3) is 0 Å². The molecule has 1 saturated heterocycles. The molecule has 2 heterocycles. The second-order valence-electron chi connectivity index (χ2n) is 9.84. The lowest BCUT2D eigenvalue weighted by molar-refractivity contribution is -0.00405. The fourth-order valence-electron chi connectivity index (χ4n) is 4.71. The molecule has 0 saturated carbocycles. The fourth-order valence-corrected chi connectivity index (χ4v) is 5.71. The molecule has 1 fully saturated rings. The van der Waals surface area contributed by atoms with Gasteiger partial charge in [-0.15, -0.1) is 0 Å². The minimum absolute atomic E-state index is 0.163. The number of fused-ring (bicyclic) bond motifs is 1. The molecule has 6 nitrogen and oxygen atoms in total. The molecule has 2 aliphatic heterocycles. The number of halogens is 1. The van der Waals surface area contributed by atoms with Gasteiger partial charge in [-0.1, -0.05) is 31.5 Å². The zero-order chi connectivity index (χ0) is 24.5. The van der Waals surface area contributed by atoms with Crippen LogP contribution in [0.3, 0.4) is 0 Å². The molecular formula is C26H34ClNO5S. The van der Waals surface area contributed by atoms with E-state index in [-0.39, 0.29) is 4.90 Å². The first kappa shape index (κ1) is 25.5. The van der Waals surface area contributed by atoms with E-state index < -0.39 is 16.1 Å². The molecule has 2 atom stereocenters. The number of nitrogens with zero attached hydrogens (tertiary/aromatic N) is 1. The van der Waals surface area contributed by atoms with Gasteiger partial charge in [-0.25, -0.2) is 8.42 Å². The van der Waals surface area contributed by atoms with Crippen molar-refractivity contribution in [2.24, 2.45) is 5.92 Å². The Hall–Kier alpha value is -1.64. The van der Waals surface area contributed by atoms with Crippen LogP contribution >= 0.6 is 11.6 Å². The molecule has 186 valence electrons. The molecule has 2 aromatic carbocycles. The van der Waals surface area contributed by atoms with E-state index in [9.17, 15) is 13.5 Å². The van der Waals surface area contributed by atoms with E-state index in [1.165, 1.54) is 18.4 Å². The SMILES string of the molecule is CC(C)COc1ccc(S(C)(=O)=O)cc1C(O)N1Cc2cc(Cl)c(C3CCCOCC3)cc2C1. The molecule has 0 amide bonds. The number of aliphatic hydroxyl groups is 1. The van der Waals surface area contributed by atoms with Crippen molar-refractivity contribution in [1.29, 1.82) is 0 Å². The van der Waals surface area contributed by atoms with Gasteiger partial charge in [-0.05, 0) is 72.1 Å². The summed E-state index contributed by atoms with van der Waals surface area (Å²) in [5.41, 5.74) is 3.85. The average molecular weight is 508 g/mol. The smallest absolute Gasteiger partial charge is 0.175 e. The standard InChI is InChI=1S/C26H34ClNO5S/c1-17(2)16-33-25-7-6-21(34(3,30)31)13-23(25)26(29)28-14-19-11-22(24(27)12-20(19)15-28)18-5-4-9-32-10-8-18/h6-7,11-13,17-18,26,29H,4-5,8-10,14-16H2,1-3H3. The normalized spacial score (nSPS) is 20.2. The molecule has 4 rings (SSSR count). The van der Waals surface area contributed by atoms with Crippen LogP contribution < -0.4 is 4.74 Å². The zero-order valence-corrected chi connectivity index (χ0v) is 21.7. The van der Waals surface area contributed by atoms with Crippen LogP contribution in [0, 0.1) is 5.92 Å². The Morgan fingerprint density at radius 3 is 2.59 bits per heavy atom. The Morgan fingerprint density at radius 1 is 1.15 bits per heavy atom. The number of benzene rings is 2. The maximum atomic E-state index is 12.2. The summed E-state index contributed by atoms with van der Waals surface area (Å²) in [4.78, 5) is 2.08. The van der Waals surface area contributed by atoms with Crippen LogP contribution in [0.2, 0.25) is 5.02 Å². The van der Waals surface area contributed by atoms with Crippen LogP contribution in [-0.2, 0) is 27.7 Å². The third-order valence-electron chi connectivity index (χ3n) is 6.56. The van der Waals surface area contributed by atoms with Crippen molar-refractivity contribution in [3.05, 3.63) is 57.6 Å². The highest BCUT2D eigenvalue weighted by Gasteiger charge is 2.30. The molecule has 2 unspecified atom stereocenters. The summed E-state index contributed by atoms with van der Waals surface area (Å²) in [5, 5.41) is 12.1. The molecule has 0 aromatic heterocycles. The molecule has 1 N–H and O–H groups in total. The van der Waals surface area contributed by atoms with Crippen LogP contribution in [-0.4, -0.2) is 44.5 Å². The van der Waals surface area contributed by atoms with Crippen molar-refractivity contribution in [2.75, 3.05) is 26.1 Å². The molecule has 8 heteroatoms.